The molecule has 2 N–H and O–H groups in total. The molecule has 1 saturated heterocycles. The average molecular weight is 183 g/mol. The number of rotatable bonds is 4. The summed E-state index contributed by atoms with van der Waals surface area (Å²) in [5.74, 6) is 0.485. The summed E-state index contributed by atoms with van der Waals surface area (Å²) in [6, 6.07) is 0. The molecule has 0 spiro atoms. The molecule has 0 radical (unpaired) electrons. The molecule has 0 amide bonds. The number of hydrogen-bond donors (Lipinski definition) is 2. The van der Waals surface area contributed by atoms with Gasteiger partial charge in [0.05, 0.1) is 5.92 Å². The van der Waals surface area contributed by atoms with E-state index in [0.717, 1.165) is 38.8 Å². The molecule has 0 aromatic heterocycles. The molecule has 3 heteroatoms. The maximum Gasteiger partial charge on any atom is 0.306 e. The lowest BCUT2D eigenvalue weighted by Crippen LogP contribution is -2.21. The zero-order valence-corrected chi connectivity index (χ0v) is 7.83. The van der Waals surface area contributed by atoms with E-state index in [2.05, 4.69) is 5.32 Å². The first-order chi connectivity index (χ1) is 6.27. The summed E-state index contributed by atoms with van der Waals surface area (Å²) in [5, 5.41) is 12.3. The molecular weight excluding hydrogens is 166 g/mol. The predicted octanol–water partition coefficient (Wildman–Crippen LogP) is 1.10. The van der Waals surface area contributed by atoms with E-state index >= 15 is 0 Å². The maximum absolute atomic E-state index is 10.9. The molecule has 0 aromatic rings. The second-order valence-corrected chi connectivity index (χ2v) is 4.38. The lowest BCUT2D eigenvalue weighted by atomic mass is 9.90. The number of carboxylic acid groups (broad SMARTS) is 1. The van der Waals surface area contributed by atoms with Gasteiger partial charge in [-0.2, -0.15) is 0 Å². The summed E-state index contributed by atoms with van der Waals surface area (Å²) < 4.78 is 0. The van der Waals surface area contributed by atoms with Gasteiger partial charge in [0, 0.05) is 0 Å². The van der Waals surface area contributed by atoms with Crippen LogP contribution in [0, 0.1) is 17.8 Å². The number of nitrogens with one attached hydrogen (secondary N) is 1. The number of aliphatic carboxylic acids is 1. The predicted molar refractivity (Wildman–Crippen MR) is 49.4 cm³/mol. The van der Waals surface area contributed by atoms with Crippen LogP contribution < -0.4 is 5.32 Å². The van der Waals surface area contributed by atoms with Crippen LogP contribution in [0.4, 0.5) is 0 Å². The van der Waals surface area contributed by atoms with Crippen LogP contribution in [0.5, 0.6) is 0 Å². The Balaban J connectivity index is 1.84. The molecule has 0 bridgehead atoms. The minimum absolute atomic E-state index is 0.0510. The molecule has 1 aliphatic heterocycles. The first kappa shape index (κ1) is 9.00. The van der Waals surface area contributed by atoms with Crippen LogP contribution in [0.25, 0.3) is 0 Å². The molecule has 2 fully saturated rings. The molecule has 13 heavy (non-hydrogen) atoms. The Kier molecular flexibility index (Phi) is 2.54. The highest BCUT2D eigenvalue weighted by Gasteiger charge is 2.37. The van der Waals surface area contributed by atoms with E-state index in [1.54, 1.807) is 0 Å². The van der Waals surface area contributed by atoms with Gasteiger partial charge in [-0.3, -0.25) is 4.79 Å². The summed E-state index contributed by atoms with van der Waals surface area (Å²) in [7, 11) is 0. The third-order valence-corrected chi connectivity index (χ3v) is 3.26. The Morgan fingerprint density at radius 2 is 2.23 bits per heavy atom. The zero-order chi connectivity index (χ0) is 9.26. The van der Waals surface area contributed by atoms with Crippen LogP contribution >= 0.6 is 0 Å². The standard InChI is InChI=1S/C10H17NO2/c12-10(13)9(8-1-2-8)5-7-3-4-11-6-7/h7-9,11H,1-6H2,(H,12,13). The fraction of sp³-hybridized carbons (Fsp3) is 0.900. The van der Waals surface area contributed by atoms with Gasteiger partial charge in [-0.15, -0.1) is 0 Å². The smallest absolute Gasteiger partial charge is 0.306 e. The fourth-order valence-electron chi connectivity index (χ4n) is 2.27. The van der Waals surface area contributed by atoms with E-state index in [9.17, 15) is 4.79 Å². The van der Waals surface area contributed by atoms with Crippen LogP contribution in [-0.4, -0.2) is 24.2 Å². The van der Waals surface area contributed by atoms with Crippen molar-refractivity contribution < 1.29 is 9.90 Å². The van der Waals surface area contributed by atoms with Gasteiger partial charge >= 0.3 is 5.97 Å². The van der Waals surface area contributed by atoms with Crippen LogP contribution in [0.3, 0.4) is 0 Å². The molecule has 2 unspecified atom stereocenters. The van der Waals surface area contributed by atoms with Gasteiger partial charge in [0.2, 0.25) is 0 Å². The van der Waals surface area contributed by atoms with Crippen molar-refractivity contribution in [3.8, 4) is 0 Å². The zero-order valence-electron chi connectivity index (χ0n) is 7.83. The first-order valence-electron chi connectivity index (χ1n) is 5.21. The Bertz CT molecular complexity index is 195. The second-order valence-electron chi connectivity index (χ2n) is 4.38. The molecule has 1 saturated carbocycles. The van der Waals surface area contributed by atoms with Crippen molar-refractivity contribution in [2.24, 2.45) is 17.8 Å². The first-order valence-corrected chi connectivity index (χ1v) is 5.21. The van der Waals surface area contributed by atoms with E-state index in [4.69, 9.17) is 5.11 Å². The van der Waals surface area contributed by atoms with Crippen LogP contribution in [0.15, 0.2) is 0 Å². The topological polar surface area (TPSA) is 49.3 Å². The minimum atomic E-state index is -0.575. The van der Waals surface area contributed by atoms with Gasteiger partial charge in [0.1, 0.15) is 0 Å². The second kappa shape index (κ2) is 3.66. The summed E-state index contributed by atoms with van der Waals surface area (Å²) >= 11 is 0. The van der Waals surface area contributed by atoms with Crippen LogP contribution in [0.1, 0.15) is 25.7 Å². The van der Waals surface area contributed by atoms with Crippen molar-refractivity contribution in [1.29, 1.82) is 0 Å². The Labute approximate surface area is 78.5 Å². The fourth-order valence-corrected chi connectivity index (χ4v) is 2.27. The van der Waals surface area contributed by atoms with Crippen molar-refractivity contribution in [3.63, 3.8) is 0 Å². The highest BCUT2D eigenvalue weighted by Crippen LogP contribution is 2.40. The summed E-state index contributed by atoms with van der Waals surface area (Å²) in [5.41, 5.74) is 0. The summed E-state index contributed by atoms with van der Waals surface area (Å²) in [4.78, 5) is 10.9. The number of hydrogen-bond acceptors (Lipinski definition) is 2. The third kappa shape index (κ3) is 2.21. The van der Waals surface area contributed by atoms with Crippen molar-refractivity contribution in [2.75, 3.05) is 13.1 Å². The highest BCUT2D eigenvalue weighted by molar-refractivity contribution is 5.70. The van der Waals surface area contributed by atoms with Crippen LogP contribution in [0.2, 0.25) is 0 Å². The molecule has 2 rings (SSSR count). The van der Waals surface area contributed by atoms with Crippen molar-refractivity contribution in [3.05, 3.63) is 0 Å². The van der Waals surface area contributed by atoms with E-state index in [1.807, 2.05) is 0 Å². The minimum Gasteiger partial charge on any atom is -0.481 e. The molecule has 2 aliphatic rings. The monoisotopic (exact) mass is 183 g/mol. The molecule has 2 atom stereocenters. The van der Waals surface area contributed by atoms with Gasteiger partial charge in [0.25, 0.3) is 0 Å². The molecule has 0 aromatic carbocycles. The van der Waals surface area contributed by atoms with E-state index in [-0.39, 0.29) is 5.92 Å². The van der Waals surface area contributed by atoms with Gasteiger partial charge < -0.3 is 10.4 Å². The normalized spacial score (nSPS) is 30.3. The Hall–Kier alpha value is -0.570. The average Bonchev–Trinajstić information content (AvgIpc) is 2.79. The van der Waals surface area contributed by atoms with E-state index in [1.165, 1.54) is 0 Å². The van der Waals surface area contributed by atoms with Gasteiger partial charge in [-0.25, -0.2) is 0 Å². The SMILES string of the molecule is O=C(O)C(CC1CCNC1)C1CC1. The molecule has 1 aliphatic carbocycles. The van der Waals surface area contributed by atoms with E-state index < -0.39 is 5.97 Å². The molecular formula is C10H17NO2. The summed E-state index contributed by atoms with van der Waals surface area (Å²) in [6.07, 6.45) is 4.33. The lowest BCUT2D eigenvalue weighted by molar-refractivity contribution is -0.143. The molecule has 74 valence electrons. The van der Waals surface area contributed by atoms with Crippen LogP contribution in [-0.2, 0) is 4.79 Å². The lowest BCUT2D eigenvalue weighted by Gasteiger charge is -2.15. The Morgan fingerprint density at radius 1 is 1.46 bits per heavy atom. The van der Waals surface area contributed by atoms with E-state index in [0.29, 0.717) is 11.8 Å². The summed E-state index contributed by atoms with van der Waals surface area (Å²) in [6.45, 7) is 2.10. The number of carbonyl (C=O) groups is 1. The third-order valence-electron chi connectivity index (χ3n) is 3.26. The van der Waals surface area contributed by atoms with Gasteiger partial charge in [0.15, 0.2) is 0 Å². The maximum atomic E-state index is 10.9. The van der Waals surface area contributed by atoms with Gasteiger partial charge in [-0.1, -0.05) is 0 Å². The molecule has 3 nitrogen and oxygen atoms in total. The quantitative estimate of drug-likeness (QED) is 0.686. The highest BCUT2D eigenvalue weighted by atomic mass is 16.4. The Morgan fingerprint density at radius 3 is 2.69 bits per heavy atom. The number of carboxylic acids is 1. The van der Waals surface area contributed by atoms with Crippen molar-refractivity contribution >= 4 is 5.97 Å². The van der Waals surface area contributed by atoms with Gasteiger partial charge in [-0.05, 0) is 50.6 Å². The molecule has 1 heterocycles. The van der Waals surface area contributed by atoms with Crippen molar-refractivity contribution in [1.82, 2.24) is 5.32 Å². The largest absolute Gasteiger partial charge is 0.481 e. The van der Waals surface area contributed by atoms with Crippen molar-refractivity contribution in [2.45, 2.75) is 25.7 Å².